The first kappa shape index (κ1) is 23.6. The zero-order chi connectivity index (χ0) is 17.7. The summed E-state index contributed by atoms with van der Waals surface area (Å²) in [6.07, 6.45) is 22.1. The Morgan fingerprint density at radius 2 is 0.958 bits per heavy atom. The van der Waals surface area contributed by atoms with Gasteiger partial charge in [-0.1, -0.05) is 90.4 Å². The predicted molar refractivity (Wildman–Crippen MR) is 106 cm³/mol. The van der Waals surface area contributed by atoms with Gasteiger partial charge in [0.15, 0.2) is 0 Å². The van der Waals surface area contributed by atoms with Crippen molar-refractivity contribution in [3.8, 4) is 0 Å². The lowest BCUT2D eigenvalue weighted by Crippen LogP contribution is -1.96. The van der Waals surface area contributed by atoms with E-state index in [9.17, 15) is 4.79 Å². The number of Topliss-reactive ketones (excluding diaryl/α,β-unsaturated/α-hetero) is 1. The highest BCUT2D eigenvalue weighted by atomic mass is 16.5. The molecular formula is C22H44O2. The monoisotopic (exact) mass is 340 g/mol. The lowest BCUT2D eigenvalue weighted by molar-refractivity contribution is -0.117. The Kier molecular flexibility index (Phi) is 20.4. The highest BCUT2D eigenvalue weighted by Crippen LogP contribution is 2.13. The molecule has 0 bridgehead atoms. The van der Waals surface area contributed by atoms with Crippen molar-refractivity contribution in [2.75, 3.05) is 13.2 Å². The molecule has 0 radical (unpaired) electrons. The van der Waals surface area contributed by atoms with Gasteiger partial charge in [-0.3, -0.25) is 0 Å². The van der Waals surface area contributed by atoms with E-state index >= 15 is 0 Å². The smallest absolute Gasteiger partial charge is 0.129 e. The molecule has 0 rings (SSSR count). The predicted octanol–water partition coefficient (Wildman–Crippen LogP) is 7.24. The van der Waals surface area contributed by atoms with Crippen molar-refractivity contribution in [3.63, 3.8) is 0 Å². The maximum atomic E-state index is 10.8. The number of carbonyl (C=O) groups excluding carboxylic acids is 1. The van der Waals surface area contributed by atoms with Crippen LogP contribution in [-0.2, 0) is 9.53 Å². The molecule has 0 N–H and O–H groups in total. The van der Waals surface area contributed by atoms with E-state index in [2.05, 4.69) is 6.92 Å². The lowest BCUT2D eigenvalue weighted by Gasteiger charge is -2.04. The summed E-state index contributed by atoms with van der Waals surface area (Å²) in [4.78, 5) is 10.8. The number of hydrogen-bond acceptors (Lipinski definition) is 2. The van der Waals surface area contributed by atoms with Crippen molar-refractivity contribution in [1.29, 1.82) is 0 Å². The molecule has 0 aliphatic heterocycles. The fourth-order valence-electron chi connectivity index (χ4n) is 3.05. The summed E-state index contributed by atoms with van der Waals surface area (Å²) in [5.41, 5.74) is 0. The number of hydrogen-bond donors (Lipinski definition) is 0. The Morgan fingerprint density at radius 3 is 1.38 bits per heavy atom. The molecule has 0 spiro atoms. The first-order valence-corrected chi connectivity index (χ1v) is 10.8. The number of rotatable bonds is 20. The zero-order valence-electron chi connectivity index (χ0n) is 16.8. The van der Waals surface area contributed by atoms with Gasteiger partial charge in [0.25, 0.3) is 0 Å². The second-order valence-electron chi connectivity index (χ2n) is 7.37. The Morgan fingerprint density at radius 1 is 0.583 bits per heavy atom. The van der Waals surface area contributed by atoms with Crippen LogP contribution in [-0.4, -0.2) is 19.0 Å². The molecule has 2 nitrogen and oxygen atoms in total. The van der Waals surface area contributed by atoms with E-state index in [0.717, 1.165) is 26.1 Å². The third-order valence-corrected chi connectivity index (χ3v) is 4.71. The van der Waals surface area contributed by atoms with Crippen molar-refractivity contribution in [2.45, 2.75) is 123 Å². The minimum absolute atomic E-state index is 0.343. The van der Waals surface area contributed by atoms with Gasteiger partial charge < -0.3 is 9.53 Å². The second kappa shape index (κ2) is 20.7. The van der Waals surface area contributed by atoms with Crippen LogP contribution in [0.5, 0.6) is 0 Å². The summed E-state index contributed by atoms with van der Waals surface area (Å²) in [6.45, 7) is 5.83. The van der Waals surface area contributed by atoms with Gasteiger partial charge >= 0.3 is 0 Å². The quantitative estimate of drug-likeness (QED) is 0.218. The number of unbranched alkanes of at least 4 members (excludes halogenated alkanes) is 14. The third kappa shape index (κ3) is 21.6. The van der Waals surface area contributed by atoms with Gasteiger partial charge in [-0.05, 0) is 26.2 Å². The molecule has 0 atom stereocenters. The van der Waals surface area contributed by atoms with Crippen molar-refractivity contribution in [1.82, 2.24) is 0 Å². The van der Waals surface area contributed by atoms with Crippen molar-refractivity contribution in [3.05, 3.63) is 0 Å². The summed E-state index contributed by atoms with van der Waals surface area (Å²) in [5, 5.41) is 0. The zero-order valence-corrected chi connectivity index (χ0v) is 16.8. The Balaban J connectivity index is 2.97. The van der Waals surface area contributed by atoms with E-state index in [1.54, 1.807) is 6.92 Å². The average Bonchev–Trinajstić information content (AvgIpc) is 2.56. The molecule has 0 amide bonds. The van der Waals surface area contributed by atoms with Gasteiger partial charge in [0.05, 0.1) is 0 Å². The number of carbonyl (C=O) groups is 1. The molecule has 2 heteroatoms. The molecule has 0 unspecified atom stereocenters. The highest BCUT2D eigenvalue weighted by Gasteiger charge is 1.96. The second-order valence-corrected chi connectivity index (χ2v) is 7.37. The topological polar surface area (TPSA) is 26.3 Å². The standard InChI is InChI=1S/C22H44O2/c1-3-4-20-24-21-18-16-14-12-10-8-6-5-7-9-11-13-15-17-19-22(2)23/h3-21H2,1-2H3. The maximum absolute atomic E-state index is 10.8. The first-order valence-electron chi connectivity index (χ1n) is 10.8. The molecule has 0 saturated carbocycles. The van der Waals surface area contributed by atoms with Gasteiger partial charge in [0.1, 0.15) is 5.78 Å². The van der Waals surface area contributed by atoms with E-state index in [-0.39, 0.29) is 0 Å². The van der Waals surface area contributed by atoms with Crippen LogP contribution in [0.3, 0.4) is 0 Å². The molecular weight excluding hydrogens is 296 g/mol. The van der Waals surface area contributed by atoms with Gasteiger partial charge in [-0.15, -0.1) is 0 Å². The number of ether oxygens (including phenoxy) is 1. The molecule has 0 aromatic rings. The molecule has 0 aromatic heterocycles. The lowest BCUT2D eigenvalue weighted by atomic mass is 10.0. The van der Waals surface area contributed by atoms with Crippen molar-refractivity contribution >= 4 is 5.78 Å². The van der Waals surface area contributed by atoms with Gasteiger partial charge in [0, 0.05) is 19.6 Å². The van der Waals surface area contributed by atoms with Crippen LogP contribution in [0.1, 0.15) is 123 Å². The van der Waals surface area contributed by atoms with Crippen molar-refractivity contribution < 1.29 is 9.53 Å². The molecule has 0 fully saturated rings. The van der Waals surface area contributed by atoms with Gasteiger partial charge in [-0.25, -0.2) is 0 Å². The molecule has 0 aliphatic carbocycles. The van der Waals surface area contributed by atoms with E-state index in [1.807, 2.05) is 0 Å². The molecule has 144 valence electrons. The minimum atomic E-state index is 0.343. The van der Waals surface area contributed by atoms with E-state index in [4.69, 9.17) is 4.74 Å². The highest BCUT2D eigenvalue weighted by molar-refractivity contribution is 5.75. The summed E-state index contributed by atoms with van der Waals surface area (Å²) in [6, 6.07) is 0. The molecule has 0 heterocycles. The van der Waals surface area contributed by atoms with Crippen LogP contribution in [0.2, 0.25) is 0 Å². The van der Waals surface area contributed by atoms with Crippen LogP contribution in [0.4, 0.5) is 0 Å². The van der Waals surface area contributed by atoms with Gasteiger partial charge in [-0.2, -0.15) is 0 Å². The minimum Gasteiger partial charge on any atom is -0.381 e. The molecule has 0 saturated heterocycles. The fraction of sp³-hybridized carbons (Fsp3) is 0.955. The van der Waals surface area contributed by atoms with Crippen LogP contribution < -0.4 is 0 Å². The first-order chi connectivity index (χ1) is 11.8. The van der Waals surface area contributed by atoms with Crippen LogP contribution in [0.15, 0.2) is 0 Å². The third-order valence-electron chi connectivity index (χ3n) is 4.71. The number of ketones is 1. The largest absolute Gasteiger partial charge is 0.381 e. The normalized spacial score (nSPS) is 11.1. The molecule has 0 aliphatic rings. The fourth-order valence-corrected chi connectivity index (χ4v) is 3.05. The Hall–Kier alpha value is -0.370. The summed E-state index contributed by atoms with van der Waals surface area (Å²) in [7, 11) is 0. The van der Waals surface area contributed by atoms with Crippen LogP contribution in [0.25, 0.3) is 0 Å². The van der Waals surface area contributed by atoms with Crippen LogP contribution in [0, 0.1) is 0 Å². The molecule has 0 aromatic carbocycles. The summed E-state index contributed by atoms with van der Waals surface area (Å²) in [5.74, 6) is 0.343. The molecule has 24 heavy (non-hydrogen) atoms. The van der Waals surface area contributed by atoms with E-state index in [0.29, 0.717) is 5.78 Å². The van der Waals surface area contributed by atoms with Crippen LogP contribution >= 0.6 is 0 Å². The Labute approximate surface area is 152 Å². The maximum Gasteiger partial charge on any atom is 0.129 e. The van der Waals surface area contributed by atoms with Crippen molar-refractivity contribution in [2.24, 2.45) is 0 Å². The van der Waals surface area contributed by atoms with Gasteiger partial charge in [0.2, 0.25) is 0 Å². The van der Waals surface area contributed by atoms with E-state index < -0.39 is 0 Å². The summed E-state index contributed by atoms with van der Waals surface area (Å²) < 4.78 is 5.58. The van der Waals surface area contributed by atoms with E-state index in [1.165, 1.54) is 96.3 Å². The SMILES string of the molecule is CCCCOCCCCCCCCCCCCCCCCC(C)=O. The Bertz CT molecular complexity index is 250. The summed E-state index contributed by atoms with van der Waals surface area (Å²) >= 11 is 0. The average molecular weight is 341 g/mol.